The van der Waals surface area contributed by atoms with Crippen LogP contribution in [0, 0.1) is 0 Å². The van der Waals surface area contributed by atoms with Crippen molar-refractivity contribution in [1.29, 1.82) is 0 Å². The number of halogens is 5. The number of methoxy groups -OCH3 is 1. The van der Waals surface area contributed by atoms with Crippen LogP contribution in [0.1, 0.15) is 6.92 Å². The van der Waals surface area contributed by atoms with Gasteiger partial charge < -0.3 is 4.74 Å². The Hall–Kier alpha value is -0.000000000000000111. The molecule has 0 bridgehead atoms. The molecule has 78 valence electrons. The molecule has 0 heterocycles. The Labute approximate surface area is 82.9 Å². The van der Waals surface area contributed by atoms with E-state index in [2.05, 4.69) is 4.74 Å². The first-order valence-electron chi connectivity index (χ1n) is 3.12. The minimum absolute atomic E-state index is 1.06. The van der Waals surface area contributed by atoms with Crippen molar-refractivity contribution in [1.82, 2.24) is 0 Å². The summed E-state index contributed by atoms with van der Waals surface area (Å²) in [6, 6.07) is 0. The molecule has 0 radical (unpaired) electrons. The largest absolute Gasteiger partial charge is 0.451 e. The molecule has 0 aromatic heterocycles. The quantitative estimate of drug-likeness (QED) is 0.706. The summed E-state index contributed by atoms with van der Waals surface area (Å²) in [6.07, 6.45) is -5.00. The van der Waals surface area contributed by atoms with Crippen LogP contribution in [0.3, 0.4) is 0 Å². The van der Waals surface area contributed by atoms with Gasteiger partial charge in [0, 0.05) is 7.11 Å². The Morgan fingerprint density at radius 3 is 2.08 bits per heavy atom. The summed E-state index contributed by atoms with van der Waals surface area (Å²) in [4.78, 5) is 10.5. The van der Waals surface area contributed by atoms with E-state index in [1.807, 2.05) is 0 Å². The topological polar surface area (TPSA) is 26.3 Å². The van der Waals surface area contributed by atoms with Gasteiger partial charge >= 0.3 is 6.18 Å². The molecule has 0 amide bonds. The molecule has 7 heteroatoms. The Bertz CT molecular complexity index is 203. The second-order valence-electron chi connectivity index (χ2n) is 2.41. The summed E-state index contributed by atoms with van der Waals surface area (Å²) in [5.41, 5.74) is 0. The van der Waals surface area contributed by atoms with Crippen molar-refractivity contribution < 1.29 is 22.7 Å². The fraction of sp³-hybridized carbons (Fsp3) is 0.833. The minimum atomic E-state index is -5.00. The maximum atomic E-state index is 11.8. The summed E-state index contributed by atoms with van der Waals surface area (Å²) >= 11 is 10.6. The zero-order chi connectivity index (χ0) is 10.9. The predicted molar refractivity (Wildman–Crippen MR) is 42.0 cm³/mol. The van der Waals surface area contributed by atoms with E-state index in [9.17, 15) is 18.0 Å². The third kappa shape index (κ3) is 3.32. The van der Waals surface area contributed by atoms with Crippen LogP contribution in [0.5, 0.6) is 0 Å². The average Bonchev–Trinajstić information content (AvgIpc) is 2.00. The summed E-state index contributed by atoms with van der Waals surface area (Å²) in [6.45, 7) is 1.08. The van der Waals surface area contributed by atoms with Crippen LogP contribution < -0.4 is 0 Å². The average molecular weight is 239 g/mol. The van der Waals surface area contributed by atoms with Crippen molar-refractivity contribution in [2.75, 3.05) is 7.11 Å². The Kier molecular flexibility index (Phi) is 4.02. The number of ketones is 1. The summed E-state index contributed by atoms with van der Waals surface area (Å²) in [5.74, 6) is -2.12. The van der Waals surface area contributed by atoms with E-state index in [-0.39, 0.29) is 0 Å². The molecule has 0 fully saturated rings. The normalized spacial score (nSPS) is 19.3. The van der Waals surface area contributed by atoms with E-state index < -0.39 is 22.4 Å². The molecule has 0 aliphatic heterocycles. The first-order chi connectivity index (χ1) is 5.63. The molecule has 0 aromatic carbocycles. The molecule has 0 N–H and O–H groups in total. The summed E-state index contributed by atoms with van der Waals surface area (Å²) in [7, 11) is 1.06. The zero-order valence-corrected chi connectivity index (χ0v) is 8.30. The number of alkyl halides is 5. The molecular formula is C6H7Cl2F3O2. The second kappa shape index (κ2) is 4.02. The summed E-state index contributed by atoms with van der Waals surface area (Å²) in [5, 5.41) is -3.81. The van der Waals surface area contributed by atoms with Gasteiger partial charge in [-0.15, -0.1) is 11.6 Å². The van der Waals surface area contributed by atoms with Crippen LogP contribution in [0.2, 0.25) is 0 Å². The number of Topliss-reactive ketones (excluding diaryl/α,β-unsaturated/α-hetero) is 1. The molecule has 2 atom stereocenters. The van der Waals surface area contributed by atoms with Gasteiger partial charge in [0.05, 0.1) is 0 Å². The van der Waals surface area contributed by atoms with E-state index >= 15 is 0 Å². The molecule has 2 unspecified atom stereocenters. The lowest BCUT2D eigenvalue weighted by Crippen LogP contribution is -2.44. The van der Waals surface area contributed by atoms with Gasteiger partial charge in [0.2, 0.25) is 0 Å². The van der Waals surface area contributed by atoms with Gasteiger partial charge in [0.15, 0.2) is 5.06 Å². The molecule has 13 heavy (non-hydrogen) atoms. The lowest BCUT2D eigenvalue weighted by atomic mass is 10.2. The number of carbonyl (C=O) groups is 1. The molecule has 2 nitrogen and oxygen atoms in total. The van der Waals surface area contributed by atoms with Crippen LogP contribution in [-0.2, 0) is 9.53 Å². The molecule has 0 spiro atoms. The van der Waals surface area contributed by atoms with Crippen LogP contribution in [-0.4, -0.2) is 29.5 Å². The van der Waals surface area contributed by atoms with Crippen molar-refractivity contribution in [2.45, 2.75) is 23.5 Å². The maximum absolute atomic E-state index is 11.8. The van der Waals surface area contributed by atoms with Gasteiger partial charge in [0.25, 0.3) is 5.78 Å². The van der Waals surface area contributed by atoms with E-state index in [0.717, 1.165) is 14.0 Å². The Morgan fingerprint density at radius 2 is 1.85 bits per heavy atom. The Morgan fingerprint density at radius 1 is 1.46 bits per heavy atom. The molecule has 0 saturated carbocycles. The third-order valence-corrected chi connectivity index (χ3v) is 2.46. The summed E-state index contributed by atoms with van der Waals surface area (Å²) < 4.78 is 39.9. The fourth-order valence-electron chi connectivity index (χ4n) is 0.481. The minimum Gasteiger partial charge on any atom is -0.361 e. The number of carbonyl (C=O) groups excluding carboxylic acids is 1. The number of hydrogen-bond donors (Lipinski definition) is 0. The molecule has 0 aliphatic carbocycles. The van der Waals surface area contributed by atoms with Crippen LogP contribution in [0.15, 0.2) is 0 Å². The molecular weight excluding hydrogens is 232 g/mol. The highest BCUT2D eigenvalue weighted by Gasteiger charge is 2.49. The lowest BCUT2D eigenvalue weighted by Gasteiger charge is -2.25. The highest BCUT2D eigenvalue weighted by atomic mass is 35.5. The SMILES string of the molecule is COC(C)(Cl)C(Cl)C(=O)C(F)(F)F. The van der Waals surface area contributed by atoms with E-state index in [4.69, 9.17) is 23.2 Å². The van der Waals surface area contributed by atoms with Crippen molar-refractivity contribution in [3.63, 3.8) is 0 Å². The van der Waals surface area contributed by atoms with Crippen molar-refractivity contribution in [2.24, 2.45) is 0 Å². The van der Waals surface area contributed by atoms with Gasteiger partial charge in [-0.25, -0.2) is 0 Å². The number of hydrogen-bond acceptors (Lipinski definition) is 2. The molecule has 0 aromatic rings. The zero-order valence-electron chi connectivity index (χ0n) is 6.78. The second-order valence-corrected chi connectivity index (χ2v) is 3.60. The van der Waals surface area contributed by atoms with E-state index in [1.54, 1.807) is 0 Å². The smallest absolute Gasteiger partial charge is 0.361 e. The monoisotopic (exact) mass is 238 g/mol. The van der Waals surface area contributed by atoms with E-state index in [1.165, 1.54) is 0 Å². The van der Waals surface area contributed by atoms with Gasteiger partial charge in [-0.05, 0) is 6.92 Å². The van der Waals surface area contributed by atoms with Gasteiger partial charge in [-0.2, -0.15) is 13.2 Å². The van der Waals surface area contributed by atoms with Gasteiger partial charge in [0.1, 0.15) is 5.38 Å². The van der Waals surface area contributed by atoms with Crippen molar-refractivity contribution in [3.05, 3.63) is 0 Å². The number of ether oxygens (including phenoxy) is 1. The maximum Gasteiger partial charge on any atom is 0.451 e. The Balaban J connectivity index is 4.62. The standard InChI is InChI=1S/C6H7Cl2F3O2/c1-5(8,13-2)3(7)4(12)6(9,10)11/h3H,1-2H3. The lowest BCUT2D eigenvalue weighted by molar-refractivity contribution is -0.173. The van der Waals surface area contributed by atoms with Crippen molar-refractivity contribution >= 4 is 29.0 Å². The first kappa shape index (κ1) is 13.0. The molecule has 0 aliphatic rings. The molecule has 0 rings (SSSR count). The highest BCUT2D eigenvalue weighted by Crippen LogP contribution is 2.31. The molecule has 0 saturated heterocycles. The first-order valence-corrected chi connectivity index (χ1v) is 3.93. The van der Waals surface area contributed by atoms with Gasteiger partial charge in [-0.1, -0.05) is 11.6 Å². The predicted octanol–water partition coefficient (Wildman–Crippen LogP) is 2.33. The number of rotatable bonds is 3. The fourth-order valence-corrected chi connectivity index (χ4v) is 0.793. The van der Waals surface area contributed by atoms with Crippen LogP contribution in [0.4, 0.5) is 13.2 Å². The van der Waals surface area contributed by atoms with Crippen LogP contribution in [0.25, 0.3) is 0 Å². The van der Waals surface area contributed by atoms with E-state index in [0.29, 0.717) is 0 Å². The van der Waals surface area contributed by atoms with Crippen molar-refractivity contribution in [3.8, 4) is 0 Å². The van der Waals surface area contributed by atoms with Crippen LogP contribution >= 0.6 is 23.2 Å². The highest BCUT2D eigenvalue weighted by molar-refractivity contribution is 6.39. The van der Waals surface area contributed by atoms with Gasteiger partial charge in [-0.3, -0.25) is 4.79 Å². The third-order valence-electron chi connectivity index (χ3n) is 1.36.